The average Bonchev–Trinajstić information content (AvgIpc) is 3.27. The maximum absolute atomic E-state index is 13.0. The summed E-state index contributed by atoms with van der Waals surface area (Å²) in [6.45, 7) is 4.32. The van der Waals surface area contributed by atoms with E-state index in [1.807, 2.05) is 44.2 Å². The molecular weight excluding hydrogens is 412 g/mol. The highest BCUT2D eigenvalue weighted by atomic mass is 32.1. The van der Waals surface area contributed by atoms with Crippen LogP contribution in [-0.4, -0.2) is 46.6 Å². The smallest absolute Gasteiger partial charge is 0.254 e. The fourth-order valence-corrected chi connectivity index (χ4v) is 3.78. The van der Waals surface area contributed by atoms with Crippen molar-refractivity contribution in [2.24, 2.45) is 0 Å². The van der Waals surface area contributed by atoms with Gasteiger partial charge >= 0.3 is 0 Å². The van der Waals surface area contributed by atoms with Gasteiger partial charge in [-0.1, -0.05) is 48.6 Å². The summed E-state index contributed by atoms with van der Waals surface area (Å²) in [7, 11) is 1.58. The molecule has 0 saturated carbocycles. The van der Waals surface area contributed by atoms with Crippen LogP contribution in [0.4, 0.5) is 5.13 Å². The maximum Gasteiger partial charge on any atom is 0.254 e. The number of nitrogens with zero attached hydrogens (tertiary/aromatic N) is 3. The molecule has 0 spiro atoms. The van der Waals surface area contributed by atoms with Crippen molar-refractivity contribution in [2.45, 2.75) is 32.7 Å². The predicted molar refractivity (Wildman–Crippen MR) is 122 cm³/mol. The molecule has 2 aromatic carbocycles. The van der Waals surface area contributed by atoms with Crippen LogP contribution in [0.15, 0.2) is 54.6 Å². The highest BCUT2D eigenvalue weighted by Crippen LogP contribution is 2.26. The molecule has 0 bridgehead atoms. The Morgan fingerprint density at radius 1 is 1.10 bits per heavy atom. The van der Waals surface area contributed by atoms with Crippen molar-refractivity contribution in [2.75, 3.05) is 19.0 Å². The maximum atomic E-state index is 13.0. The van der Waals surface area contributed by atoms with Gasteiger partial charge in [0.2, 0.25) is 11.0 Å². The molecule has 0 fully saturated rings. The number of methoxy groups -OCH3 is 1. The third-order valence-corrected chi connectivity index (χ3v) is 5.88. The number of amides is 2. The van der Waals surface area contributed by atoms with E-state index in [-0.39, 0.29) is 24.3 Å². The zero-order chi connectivity index (χ0) is 22.2. The third-order valence-electron chi connectivity index (χ3n) is 4.99. The average molecular weight is 439 g/mol. The molecule has 7 nitrogen and oxygen atoms in total. The van der Waals surface area contributed by atoms with Gasteiger partial charge in [-0.15, -0.1) is 10.2 Å². The van der Waals surface area contributed by atoms with Crippen LogP contribution in [0.1, 0.15) is 37.0 Å². The monoisotopic (exact) mass is 438 g/mol. The number of rotatable bonds is 9. The second kappa shape index (κ2) is 10.7. The molecule has 3 aromatic rings. The minimum absolute atomic E-state index is 0.00798. The molecule has 1 N–H and O–H groups in total. The Kier molecular flexibility index (Phi) is 7.72. The van der Waals surface area contributed by atoms with E-state index in [2.05, 4.69) is 15.5 Å². The lowest BCUT2D eigenvalue weighted by Crippen LogP contribution is -2.40. The largest absolute Gasteiger partial charge is 0.497 e. The minimum Gasteiger partial charge on any atom is -0.497 e. The van der Waals surface area contributed by atoms with Crippen molar-refractivity contribution < 1.29 is 14.3 Å². The van der Waals surface area contributed by atoms with E-state index >= 15 is 0 Å². The number of ether oxygens (including phenoxy) is 1. The third kappa shape index (κ3) is 5.88. The van der Waals surface area contributed by atoms with Crippen molar-refractivity contribution in [3.8, 4) is 16.3 Å². The molecular formula is C23H26N4O3S. The van der Waals surface area contributed by atoms with E-state index < -0.39 is 0 Å². The molecule has 0 aliphatic heterocycles. The van der Waals surface area contributed by atoms with Gasteiger partial charge < -0.3 is 15.0 Å². The summed E-state index contributed by atoms with van der Waals surface area (Å²) in [5.74, 6) is 0.386. The Morgan fingerprint density at radius 2 is 1.81 bits per heavy atom. The van der Waals surface area contributed by atoms with Crippen LogP contribution in [0, 0.1) is 0 Å². The lowest BCUT2D eigenvalue weighted by Gasteiger charge is -2.28. The van der Waals surface area contributed by atoms with Crippen LogP contribution in [0.3, 0.4) is 0 Å². The van der Waals surface area contributed by atoms with Crippen molar-refractivity contribution in [1.29, 1.82) is 0 Å². The van der Waals surface area contributed by atoms with Gasteiger partial charge in [0.15, 0.2) is 0 Å². The molecule has 0 radical (unpaired) electrons. The first-order valence-corrected chi connectivity index (χ1v) is 11.0. The fourth-order valence-electron chi connectivity index (χ4n) is 3.02. The number of nitrogens with one attached hydrogen (secondary N) is 1. The lowest BCUT2D eigenvalue weighted by atomic mass is 10.1. The molecule has 1 heterocycles. The Labute approximate surface area is 186 Å². The van der Waals surface area contributed by atoms with E-state index in [1.165, 1.54) is 11.3 Å². The zero-order valence-corrected chi connectivity index (χ0v) is 18.7. The van der Waals surface area contributed by atoms with Gasteiger partial charge in [0.25, 0.3) is 5.91 Å². The summed E-state index contributed by atoms with van der Waals surface area (Å²) in [5, 5.41) is 12.2. The van der Waals surface area contributed by atoms with Crippen LogP contribution in [0.2, 0.25) is 0 Å². The standard InChI is InChI=1S/C23H26N4O3S/c1-4-16(2)27(22(29)18-10-12-19(30-3)13-11-18)15-14-20(28)24-23-26-25-21(31-23)17-8-6-5-7-9-17/h5-13,16H,4,14-15H2,1-3H3,(H,24,26,28). The van der Waals surface area contributed by atoms with Crippen LogP contribution < -0.4 is 10.1 Å². The molecule has 2 amide bonds. The number of hydrogen-bond donors (Lipinski definition) is 1. The minimum atomic E-state index is -0.202. The summed E-state index contributed by atoms with van der Waals surface area (Å²) in [6, 6.07) is 16.7. The van der Waals surface area contributed by atoms with Gasteiger partial charge in [0, 0.05) is 30.1 Å². The molecule has 1 atom stereocenters. The van der Waals surface area contributed by atoms with Crippen LogP contribution in [0.25, 0.3) is 10.6 Å². The van der Waals surface area contributed by atoms with E-state index in [0.717, 1.165) is 17.0 Å². The van der Waals surface area contributed by atoms with Crippen LogP contribution in [-0.2, 0) is 4.79 Å². The van der Waals surface area contributed by atoms with E-state index in [1.54, 1.807) is 36.3 Å². The van der Waals surface area contributed by atoms with Gasteiger partial charge in [-0.2, -0.15) is 0 Å². The van der Waals surface area contributed by atoms with Gasteiger partial charge in [0.1, 0.15) is 10.8 Å². The topological polar surface area (TPSA) is 84.4 Å². The molecule has 8 heteroatoms. The van der Waals surface area contributed by atoms with Gasteiger partial charge in [-0.05, 0) is 37.6 Å². The molecule has 31 heavy (non-hydrogen) atoms. The Bertz CT molecular complexity index is 1010. The number of carbonyl (C=O) groups is 2. The number of benzene rings is 2. The summed E-state index contributed by atoms with van der Waals surface area (Å²) >= 11 is 1.32. The number of carbonyl (C=O) groups excluding carboxylic acids is 2. The number of hydrogen-bond acceptors (Lipinski definition) is 6. The lowest BCUT2D eigenvalue weighted by molar-refractivity contribution is -0.116. The molecule has 1 unspecified atom stereocenters. The fraction of sp³-hybridized carbons (Fsp3) is 0.304. The van der Waals surface area contributed by atoms with Crippen molar-refractivity contribution in [3.63, 3.8) is 0 Å². The van der Waals surface area contributed by atoms with E-state index in [9.17, 15) is 9.59 Å². The van der Waals surface area contributed by atoms with Crippen LogP contribution in [0.5, 0.6) is 5.75 Å². The van der Waals surface area contributed by atoms with Gasteiger partial charge in [-0.25, -0.2) is 0 Å². The summed E-state index contributed by atoms with van der Waals surface area (Å²) < 4.78 is 5.16. The van der Waals surface area contributed by atoms with Crippen molar-refractivity contribution in [1.82, 2.24) is 15.1 Å². The molecule has 0 aliphatic carbocycles. The van der Waals surface area contributed by atoms with Crippen molar-refractivity contribution >= 4 is 28.3 Å². The molecule has 162 valence electrons. The quantitative estimate of drug-likeness (QED) is 0.532. The zero-order valence-electron chi connectivity index (χ0n) is 17.9. The molecule has 0 aliphatic rings. The van der Waals surface area contributed by atoms with E-state index in [0.29, 0.717) is 23.0 Å². The van der Waals surface area contributed by atoms with Crippen molar-refractivity contribution in [3.05, 3.63) is 60.2 Å². The second-order valence-electron chi connectivity index (χ2n) is 7.06. The Balaban J connectivity index is 1.61. The second-order valence-corrected chi connectivity index (χ2v) is 8.04. The van der Waals surface area contributed by atoms with E-state index in [4.69, 9.17) is 4.74 Å². The molecule has 0 saturated heterocycles. The van der Waals surface area contributed by atoms with Crippen LogP contribution >= 0.6 is 11.3 Å². The summed E-state index contributed by atoms with van der Waals surface area (Å²) in [6.07, 6.45) is 0.965. The summed E-state index contributed by atoms with van der Waals surface area (Å²) in [5.41, 5.74) is 1.52. The number of anilines is 1. The first-order chi connectivity index (χ1) is 15.0. The first-order valence-electron chi connectivity index (χ1n) is 10.2. The summed E-state index contributed by atoms with van der Waals surface area (Å²) in [4.78, 5) is 27.2. The molecule has 3 rings (SSSR count). The Morgan fingerprint density at radius 3 is 2.45 bits per heavy atom. The molecule has 1 aromatic heterocycles. The highest BCUT2D eigenvalue weighted by Gasteiger charge is 2.22. The highest BCUT2D eigenvalue weighted by molar-refractivity contribution is 7.18. The van der Waals surface area contributed by atoms with Gasteiger partial charge in [-0.3, -0.25) is 9.59 Å². The normalized spacial score (nSPS) is 11.6. The number of aromatic nitrogens is 2. The Hall–Kier alpha value is -3.26. The SMILES string of the molecule is CCC(C)N(CCC(=O)Nc1nnc(-c2ccccc2)s1)C(=O)c1ccc(OC)cc1. The predicted octanol–water partition coefficient (Wildman–Crippen LogP) is 4.48. The van der Waals surface area contributed by atoms with Gasteiger partial charge in [0.05, 0.1) is 7.11 Å². The first kappa shape index (κ1) is 22.4.